The second-order valence-electron chi connectivity index (χ2n) is 7.90. The Morgan fingerprint density at radius 1 is 0.960 bits per heavy atom. The van der Waals surface area contributed by atoms with Gasteiger partial charge in [-0.3, -0.25) is 4.90 Å². The number of fused-ring (bicyclic) bond motifs is 1. The van der Waals surface area contributed by atoms with Crippen LogP contribution in [0, 0.1) is 0 Å². The topological polar surface area (TPSA) is 43.2 Å². The molecule has 1 saturated heterocycles. The number of hydrogen-bond acceptors (Lipinski definition) is 4. The van der Waals surface area contributed by atoms with Crippen LogP contribution in [0.4, 0.5) is 0 Å². The van der Waals surface area contributed by atoms with E-state index >= 15 is 0 Å². The van der Waals surface area contributed by atoms with Crippen LogP contribution in [0.25, 0.3) is 11.0 Å². The molecular weight excluding hydrogens is 312 g/mol. The lowest BCUT2D eigenvalue weighted by molar-refractivity contribution is -0.133. The highest BCUT2D eigenvalue weighted by atomic mass is 16.5. The zero-order valence-corrected chi connectivity index (χ0v) is 15.5. The molecule has 0 bridgehead atoms. The maximum Gasteiger partial charge on any atom is 0.117 e. The number of aromatic nitrogens is 3. The summed E-state index contributed by atoms with van der Waals surface area (Å²) >= 11 is 0. The van der Waals surface area contributed by atoms with Crippen molar-refractivity contribution in [1.82, 2.24) is 19.9 Å². The van der Waals surface area contributed by atoms with Gasteiger partial charge in [-0.15, -0.1) is 5.10 Å². The number of nitrogens with zero attached hydrogens (tertiary/aromatic N) is 4. The van der Waals surface area contributed by atoms with Crippen LogP contribution in [0.15, 0.2) is 24.3 Å². The Bertz CT molecular complexity index is 695. The Morgan fingerprint density at radius 3 is 2.32 bits per heavy atom. The summed E-state index contributed by atoms with van der Waals surface area (Å²) in [4.78, 5) is 2.65. The summed E-state index contributed by atoms with van der Waals surface area (Å²) < 4.78 is 8.27. The Labute approximate surface area is 150 Å². The predicted molar refractivity (Wildman–Crippen MR) is 99.4 cm³/mol. The van der Waals surface area contributed by atoms with Gasteiger partial charge in [0, 0.05) is 13.1 Å². The van der Waals surface area contributed by atoms with Gasteiger partial charge in [-0.05, 0) is 51.7 Å². The average molecular weight is 342 g/mol. The number of para-hydroxylation sites is 1. The van der Waals surface area contributed by atoms with Crippen LogP contribution >= 0.6 is 0 Å². The highest BCUT2D eigenvalue weighted by Crippen LogP contribution is 2.39. The SMILES string of the molecule is CC1CN(C2(n3nnc4ccccc43)CCCCCCC2)CC(C)O1. The van der Waals surface area contributed by atoms with E-state index in [1.54, 1.807) is 0 Å². The van der Waals surface area contributed by atoms with E-state index in [1.165, 1.54) is 32.1 Å². The summed E-state index contributed by atoms with van der Waals surface area (Å²) in [5, 5.41) is 9.15. The van der Waals surface area contributed by atoms with Crippen molar-refractivity contribution in [3.63, 3.8) is 0 Å². The van der Waals surface area contributed by atoms with Crippen molar-refractivity contribution in [3.8, 4) is 0 Å². The van der Waals surface area contributed by atoms with Gasteiger partial charge in [0.2, 0.25) is 0 Å². The molecule has 136 valence electrons. The first-order valence-corrected chi connectivity index (χ1v) is 9.90. The minimum atomic E-state index is -0.0666. The van der Waals surface area contributed by atoms with E-state index in [0.717, 1.165) is 37.0 Å². The van der Waals surface area contributed by atoms with Crippen LogP contribution in [-0.4, -0.2) is 45.2 Å². The van der Waals surface area contributed by atoms with Gasteiger partial charge in [-0.2, -0.15) is 0 Å². The van der Waals surface area contributed by atoms with E-state index in [-0.39, 0.29) is 17.9 Å². The summed E-state index contributed by atoms with van der Waals surface area (Å²) in [5.74, 6) is 0. The molecule has 5 nitrogen and oxygen atoms in total. The maximum atomic E-state index is 6.03. The molecule has 2 unspecified atom stereocenters. The van der Waals surface area contributed by atoms with Gasteiger partial charge in [0.25, 0.3) is 0 Å². The van der Waals surface area contributed by atoms with Gasteiger partial charge in [-0.25, -0.2) is 4.68 Å². The second kappa shape index (κ2) is 7.04. The first-order valence-electron chi connectivity index (χ1n) is 9.90. The Balaban J connectivity index is 1.80. The lowest BCUT2D eigenvalue weighted by Gasteiger charge is -2.49. The number of hydrogen-bond donors (Lipinski definition) is 0. The molecule has 2 aliphatic rings. The van der Waals surface area contributed by atoms with Crippen LogP contribution in [0.5, 0.6) is 0 Å². The number of ether oxygens (including phenoxy) is 1. The molecule has 1 aliphatic carbocycles. The second-order valence-corrected chi connectivity index (χ2v) is 7.90. The maximum absolute atomic E-state index is 6.03. The van der Waals surface area contributed by atoms with Crippen molar-refractivity contribution < 1.29 is 4.74 Å². The van der Waals surface area contributed by atoms with Crippen LogP contribution in [0.2, 0.25) is 0 Å². The van der Waals surface area contributed by atoms with Gasteiger partial charge >= 0.3 is 0 Å². The zero-order valence-electron chi connectivity index (χ0n) is 15.5. The minimum Gasteiger partial charge on any atom is -0.373 e. The fourth-order valence-electron chi connectivity index (χ4n) is 4.83. The van der Waals surface area contributed by atoms with Crippen molar-refractivity contribution in [2.24, 2.45) is 0 Å². The Kier molecular flexibility index (Phi) is 4.78. The van der Waals surface area contributed by atoms with Crippen molar-refractivity contribution in [2.45, 2.75) is 76.7 Å². The summed E-state index contributed by atoms with van der Waals surface area (Å²) in [6, 6.07) is 8.39. The molecule has 2 fully saturated rings. The Morgan fingerprint density at radius 2 is 1.60 bits per heavy atom. The molecule has 1 aliphatic heterocycles. The molecule has 0 amide bonds. The molecule has 1 aromatic heterocycles. The largest absolute Gasteiger partial charge is 0.373 e. The Hall–Kier alpha value is -1.46. The van der Waals surface area contributed by atoms with E-state index in [9.17, 15) is 0 Å². The molecule has 1 aromatic carbocycles. The lowest BCUT2D eigenvalue weighted by Crippen LogP contribution is -2.59. The van der Waals surface area contributed by atoms with Crippen molar-refractivity contribution in [2.75, 3.05) is 13.1 Å². The van der Waals surface area contributed by atoms with Crippen LogP contribution < -0.4 is 0 Å². The van der Waals surface area contributed by atoms with E-state index < -0.39 is 0 Å². The third kappa shape index (κ3) is 3.20. The van der Waals surface area contributed by atoms with Crippen molar-refractivity contribution in [3.05, 3.63) is 24.3 Å². The molecule has 0 spiro atoms. The third-order valence-electron chi connectivity index (χ3n) is 5.91. The third-order valence-corrected chi connectivity index (χ3v) is 5.91. The lowest BCUT2D eigenvalue weighted by atomic mass is 9.88. The number of rotatable bonds is 2. The van der Waals surface area contributed by atoms with E-state index in [1.807, 2.05) is 6.07 Å². The van der Waals surface area contributed by atoms with E-state index in [2.05, 4.69) is 51.9 Å². The smallest absolute Gasteiger partial charge is 0.117 e. The molecule has 25 heavy (non-hydrogen) atoms. The highest BCUT2D eigenvalue weighted by Gasteiger charge is 2.43. The van der Waals surface area contributed by atoms with Crippen molar-refractivity contribution >= 4 is 11.0 Å². The fourth-order valence-corrected chi connectivity index (χ4v) is 4.83. The highest BCUT2D eigenvalue weighted by molar-refractivity contribution is 5.74. The number of morpholine rings is 1. The minimum absolute atomic E-state index is 0.0666. The molecule has 0 radical (unpaired) electrons. The quantitative estimate of drug-likeness (QED) is 0.829. The molecule has 0 N–H and O–H groups in total. The molecule has 1 saturated carbocycles. The molecular formula is C20H30N4O. The monoisotopic (exact) mass is 342 g/mol. The van der Waals surface area contributed by atoms with Gasteiger partial charge in [0.1, 0.15) is 11.2 Å². The van der Waals surface area contributed by atoms with Gasteiger partial charge < -0.3 is 4.74 Å². The molecule has 2 atom stereocenters. The summed E-state index contributed by atoms with van der Waals surface area (Å²) in [6.07, 6.45) is 9.36. The van der Waals surface area contributed by atoms with Gasteiger partial charge in [-0.1, -0.05) is 36.6 Å². The average Bonchev–Trinajstić information content (AvgIpc) is 2.99. The first kappa shape index (κ1) is 17.0. The van der Waals surface area contributed by atoms with Crippen LogP contribution in [0.1, 0.15) is 58.8 Å². The van der Waals surface area contributed by atoms with E-state index in [4.69, 9.17) is 4.74 Å². The van der Waals surface area contributed by atoms with Gasteiger partial charge in [0.15, 0.2) is 0 Å². The standard InChI is InChI=1S/C20H30N4O/c1-16-14-23(15-17(2)25-16)20(12-8-4-3-5-9-13-20)24-19-11-7-6-10-18(19)21-22-24/h6-7,10-11,16-17H,3-5,8-9,12-15H2,1-2H3. The van der Waals surface area contributed by atoms with Crippen LogP contribution in [0.3, 0.4) is 0 Å². The summed E-state index contributed by atoms with van der Waals surface area (Å²) in [5.41, 5.74) is 2.09. The molecule has 2 aromatic rings. The molecule has 2 heterocycles. The van der Waals surface area contributed by atoms with Crippen molar-refractivity contribution in [1.29, 1.82) is 0 Å². The molecule has 4 rings (SSSR count). The summed E-state index contributed by atoms with van der Waals surface area (Å²) in [7, 11) is 0. The zero-order chi connectivity index (χ0) is 17.3. The first-order chi connectivity index (χ1) is 12.2. The molecule has 5 heteroatoms. The number of benzene rings is 1. The van der Waals surface area contributed by atoms with Gasteiger partial charge in [0.05, 0.1) is 17.7 Å². The summed E-state index contributed by atoms with van der Waals surface area (Å²) in [6.45, 7) is 6.33. The van der Waals surface area contributed by atoms with E-state index in [0.29, 0.717) is 0 Å². The van der Waals surface area contributed by atoms with Crippen LogP contribution in [-0.2, 0) is 10.4 Å². The fraction of sp³-hybridized carbons (Fsp3) is 0.700. The predicted octanol–water partition coefficient (Wildman–Crippen LogP) is 3.94. The normalized spacial score (nSPS) is 28.6.